The van der Waals surface area contributed by atoms with Crippen LogP contribution in [0.25, 0.3) is 0 Å². The van der Waals surface area contributed by atoms with Crippen LogP contribution < -0.4 is 10.5 Å². The molecular weight excluding hydrogens is 218 g/mol. The number of nitrogens with two attached hydrogens (primary N) is 1. The van der Waals surface area contributed by atoms with Gasteiger partial charge in [-0.15, -0.1) is 0 Å². The molecule has 4 nitrogen and oxygen atoms in total. The van der Waals surface area contributed by atoms with Crippen LogP contribution in [0.1, 0.15) is 24.5 Å². The van der Waals surface area contributed by atoms with Crippen LogP contribution in [0.2, 0.25) is 0 Å². The van der Waals surface area contributed by atoms with Crippen LogP contribution >= 0.6 is 0 Å². The number of rotatable bonds is 8. The minimum absolute atomic E-state index is 0.472. The van der Waals surface area contributed by atoms with E-state index < -0.39 is 6.10 Å². The molecule has 1 unspecified atom stereocenters. The molecule has 0 aliphatic rings. The number of hydrogen-bond acceptors (Lipinski definition) is 4. The van der Waals surface area contributed by atoms with Crippen molar-refractivity contribution in [2.24, 2.45) is 5.73 Å². The average Bonchev–Trinajstić information content (AvgIpc) is 2.35. The van der Waals surface area contributed by atoms with Gasteiger partial charge in [0.2, 0.25) is 0 Å². The Balaban J connectivity index is 2.47. The molecule has 0 spiro atoms. The zero-order chi connectivity index (χ0) is 12.5. The molecule has 0 heterocycles. The van der Waals surface area contributed by atoms with E-state index in [1.54, 1.807) is 7.11 Å². The van der Waals surface area contributed by atoms with Crippen molar-refractivity contribution in [3.8, 4) is 5.75 Å². The molecule has 0 aromatic heterocycles. The Labute approximate surface area is 102 Å². The summed E-state index contributed by atoms with van der Waals surface area (Å²) in [4.78, 5) is 0. The van der Waals surface area contributed by atoms with Crippen LogP contribution in [0.15, 0.2) is 24.3 Å². The zero-order valence-electron chi connectivity index (χ0n) is 10.3. The summed E-state index contributed by atoms with van der Waals surface area (Å²) in [6.45, 7) is 1.78. The van der Waals surface area contributed by atoms with Crippen LogP contribution in [0, 0.1) is 0 Å². The quantitative estimate of drug-likeness (QED) is 0.674. The SMILES string of the molecule is COCCCOc1cccc(C(O)CCN)c1. The topological polar surface area (TPSA) is 64.7 Å². The number of aliphatic hydroxyl groups is 1. The zero-order valence-corrected chi connectivity index (χ0v) is 10.3. The highest BCUT2D eigenvalue weighted by Crippen LogP contribution is 2.21. The van der Waals surface area contributed by atoms with Crippen molar-refractivity contribution in [2.45, 2.75) is 18.9 Å². The van der Waals surface area contributed by atoms with Gasteiger partial charge in [-0.1, -0.05) is 12.1 Å². The van der Waals surface area contributed by atoms with E-state index in [9.17, 15) is 5.11 Å². The van der Waals surface area contributed by atoms with Gasteiger partial charge in [-0.3, -0.25) is 0 Å². The lowest BCUT2D eigenvalue weighted by Crippen LogP contribution is -2.07. The summed E-state index contributed by atoms with van der Waals surface area (Å²) in [6, 6.07) is 7.49. The molecule has 0 aliphatic heterocycles. The minimum Gasteiger partial charge on any atom is -0.493 e. The Morgan fingerprint density at radius 1 is 1.35 bits per heavy atom. The predicted molar refractivity (Wildman–Crippen MR) is 67.1 cm³/mol. The summed E-state index contributed by atoms with van der Waals surface area (Å²) in [5, 5.41) is 9.80. The first-order valence-electron chi connectivity index (χ1n) is 5.87. The molecule has 1 rings (SSSR count). The maximum Gasteiger partial charge on any atom is 0.119 e. The largest absolute Gasteiger partial charge is 0.493 e. The second-order valence-electron chi connectivity index (χ2n) is 3.86. The second kappa shape index (κ2) is 8.06. The Kier molecular flexibility index (Phi) is 6.62. The third-order valence-electron chi connectivity index (χ3n) is 2.44. The van der Waals surface area contributed by atoms with Gasteiger partial charge in [-0.2, -0.15) is 0 Å². The Bertz CT molecular complexity index is 317. The average molecular weight is 239 g/mol. The lowest BCUT2D eigenvalue weighted by atomic mass is 10.1. The fourth-order valence-corrected chi connectivity index (χ4v) is 1.53. The van der Waals surface area contributed by atoms with E-state index in [0.29, 0.717) is 26.2 Å². The summed E-state index contributed by atoms with van der Waals surface area (Å²) in [5.74, 6) is 0.773. The molecule has 0 aliphatic carbocycles. The van der Waals surface area contributed by atoms with Gasteiger partial charge >= 0.3 is 0 Å². The van der Waals surface area contributed by atoms with Crippen LogP contribution in [0.4, 0.5) is 0 Å². The first-order chi connectivity index (χ1) is 8.27. The molecule has 0 amide bonds. The summed E-state index contributed by atoms with van der Waals surface area (Å²) in [6.07, 6.45) is 0.904. The summed E-state index contributed by atoms with van der Waals surface area (Å²) >= 11 is 0. The molecule has 0 saturated heterocycles. The van der Waals surface area contributed by atoms with E-state index >= 15 is 0 Å². The van der Waals surface area contributed by atoms with E-state index in [-0.39, 0.29) is 0 Å². The molecule has 1 aromatic rings. The van der Waals surface area contributed by atoms with Gasteiger partial charge in [0.05, 0.1) is 12.7 Å². The number of benzene rings is 1. The van der Waals surface area contributed by atoms with Crippen LogP contribution in [-0.4, -0.2) is 32.0 Å². The highest BCUT2D eigenvalue weighted by Gasteiger charge is 2.07. The number of hydrogen-bond donors (Lipinski definition) is 2. The maximum atomic E-state index is 9.80. The Hall–Kier alpha value is -1.10. The molecule has 17 heavy (non-hydrogen) atoms. The second-order valence-corrected chi connectivity index (χ2v) is 3.86. The highest BCUT2D eigenvalue weighted by atomic mass is 16.5. The smallest absolute Gasteiger partial charge is 0.119 e. The third-order valence-corrected chi connectivity index (χ3v) is 2.44. The lowest BCUT2D eigenvalue weighted by molar-refractivity contribution is 0.167. The molecule has 4 heteroatoms. The first kappa shape index (κ1) is 14.0. The van der Waals surface area contributed by atoms with Crippen molar-refractivity contribution < 1.29 is 14.6 Å². The number of aliphatic hydroxyl groups excluding tert-OH is 1. The van der Waals surface area contributed by atoms with Crippen molar-refractivity contribution in [1.82, 2.24) is 0 Å². The van der Waals surface area contributed by atoms with Gasteiger partial charge in [0, 0.05) is 20.1 Å². The van der Waals surface area contributed by atoms with Crippen molar-refractivity contribution in [2.75, 3.05) is 26.9 Å². The Morgan fingerprint density at radius 2 is 2.18 bits per heavy atom. The minimum atomic E-state index is -0.512. The monoisotopic (exact) mass is 239 g/mol. The van der Waals surface area contributed by atoms with Crippen LogP contribution in [0.3, 0.4) is 0 Å². The predicted octanol–water partition coefficient (Wildman–Crippen LogP) is 1.48. The van der Waals surface area contributed by atoms with Crippen LogP contribution in [0.5, 0.6) is 5.75 Å². The van der Waals surface area contributed by atoms with Crippen molar-refractivity contribution in [3.05, 3.63) is 29.8 Å². The van der Waals surface area contributed by atoms with Gasteiger partial charge in [-0.05, 0) is 30.7 Å². The lowest BCUT2D eigenvalue weighted by Gasteiger charge is -2.12. The molecule has 0 fully saturated rings. The van der Waals surface area contributed by atoms with Crippen LogP contribution in [-0.2, 0) is 4.74 Å². The fourth-order valence-electron chi connectivity index (χ4n) is 1.53. The molecule has 96 valence electrons. The summed E-state index contributed by atoms with van der Waals surface area (Å²) in [5.41, 5.74) is 6.26. The van der Waals surface area contributed by atoms with E-state index in [2.05, 4.69) is 0 Å². The number of methoxy groups -OCH3 is 1. The van der Waals surface area contributed by atoms with E-state index in [0.717, 1.165) is 17.7 Å². The first-order valence-corrected chi connectivity index (χ1v) is 5.87. The summed E-state index contributed by atoms with van der Waals surface area (Å²) in [7, 11) is 1.67. The standard InChI is InChI=1S/C13H21NO3/c1-16-8-3-9-17-12-5-2-4-11(10-12)13(15)6-7-14/h2,4-5,10,13,15H,3,6-9,14H2,1H3. The molecule has 0 saturated carbocycles. The molecule has 0 bridgehead atoms. The molecule has 3 N–H and O–H groups in total. The van der Waals surface area contributed by atoms with Crippen molar-refractivity contribution in [1.29, 1.82) is 0 Å². The highest BCUT2D eigenvalue weighted by molar-refractivity contribution is 5.29. The molecular formula is C13H21NO3. The Morgan fingerprint density at radius 3 is 2.88 bits per heavy atom. The van der Waals surface area contributed by atoms with E-state index in [1.807, 2.05) is 24.3 Å². The maximum absolute atomic E-state index is 9.80. The van der Waals surface area contributed by atoms with E-state index in [1.165, 1.54) is 0 Å². The van der Waals surface area contributed by atoms with Gasteiger partial charge in [0.1, 0.15) is 5.75 Å². The molecule has 1 atom stereocenters. The van der Waals surface area contributed by atoms with Crippen molar-refractivity contribution in [3.63, 3.8) is 0 Å². The van der Waals surface area contributed by atoms with Crippen molar-refractivity contribution >= 4 is 0 Å². The van der Waals surface area contributed by atoms with Gasteiger partial charge < -0.3 is 20.3 Å². The molecule has 1 aromatic carbocycles. The van der Waals surface area contributed by atoms with Gasteiger partial charge in [0.25, 0.3) is 0 Å². The normalized spacial score (nSPS) is 12.4. The van der Waals surface area contributed by atoms with Gasteiger partial charge in [-0.25, -0.2) is 0 Å². The van der Waals surface area contributed by atoms with Gasteiger partial charge in [0.15, 0.2) is 0 Å². The van der Waals surface area contributed by atoms with E-state index in [4.69, 9.17) is 15.2 Å². The third kappa shape index (κ3) is 5.17. The number of ether oxygens (including phenoxy) is 2. The fraction of sp³-hybridized carbons (Fsp3) is 0.538. The molecule has 0 radical (unpaired) electrons. The summed E-state index contributed by atoms with van der Waals surface area (Å²) < 4.78 is 10.5.